The number of nitrogens with one attached hydrogen (secondary N) is 1. The van der Waals surface area contributed by atoms with Crippen LogP contribution in [0.4, 0.5) is 0 Å². The molecule has 1 heterocycles. The van der Waals surface area contributed by atoms with Crippen molar-refractivity contribution < 1.29 is 14.7 Å². The van der Waals surface area contributed by atoms with E-state index < -0.39 is 17.9 Å². The van der Waals surface area contributed by atoms with Crippen molar-refractivity contribution in [2.75, 3.05) is 0 Å². The number of benzene rings is 1. The summed E-state index contributed by atoms with van der Waals surface area (Å²) in [5.74, 6) is -1.83. The predicted octanol–water partition coefficient (Wildman–Crippen LogP) is 2.67. The van der Waals surface area contributed by atoms with Gasteiger partial charge in [0.1, 0.15) is 6.04 Å². The van der Waals surface area contributed by atoms with E-state index in [0.29, 0.717) is 10.7 Å². The lowest BCUT2D eigenvalue weighted by atomic mass is 10.0. The third-order valence-corrected chi connectivity index (χ3v) is 3.74. The summed E-state index contributed by atoms with van der Waals surface area (Å²) in [6, 6.07) is 7.78. The second kappa shape index (κ2) is 6.83. The molecule has 0 aliphatic rings. The van der Waals surface area contributed by atoms with Gasteiger partial charge < -0.3 is 10.4 Å². The molecule has 1 atom stereocenters. The monoisotopic (exact) mass is 335 g/mol. The number of halogens is 1. The number of aryl methyl sites for hydroxylation is 1. The molecule has 6 nitrogen and oxygen atoms in total. The van der Waals surface area contributed by atoms with Crippen LogP contribution in [0.5, 0.6) is 0 Å². The minimum atomic E-state index is -1.07. The number of carboxylic acid groups (broad SMARTS) is 1. The number of rotatable bonds is 5. The summed E-state index contributed by atoms with van der Waals surface area (Å²) >= 11 is 6.15. The SMILES string of the molecule is Cc1cc(C(=O)N[C@H](C(=O)O)C(C)C)nn1-c1ccccc1Cl. The van der Waals surface area contributed by atoms with Crippen molar-refractivity contribution in [3.05, 3.63) is 46.7 Å². The topological polar surface area (TPSA) is 84.2 Å². The molecule has 7 heteroatoms. The lowest BCUT2D eigenvalue weighted by Gasteiger charge is -2.16. The van der Waals surface area contributed by atoms with Crippen molar-refractivity contribution in [2.24, 2.45) is 5.92 Å². The predicted molar refractivity (Wildman–Crippen MR) is 87.0 cm³/mol. The van der Waals surface area contributed by atoms with Crippen molar-refractivity contribution in [3.8, 4) is 5.69 Å². The van der Waals surface area contributed by atoms with Gasteiger partial charge in [0, 0.05) is 5.69 Å². The van der Waals surface area contributed by atoms with Gasteiger partial charge in [-0.3, -0.25) is 4.79 Å². The number of carbonyl (C=O) groups excluding carboxylic acids is 1. The number of nitrogens with zero attached hydrogens (tertiary/aromatic N) is 2. The molecule has 0 bridgehead atoms. The first kappa shape index (κ1) is 17.0. The van der Waals surface area contributed by atoms with Gasteiger partial charge >= 0.3 is 5.97 Å². The number of carboxylic acids is 1. The van der Waals surface area contributed by atoms with Gasteiger partial charge in [-0.1, -0.05) is 37.6 Å². The number of hydrogen-bond acceptors (Lipinski definition) is 3. The Labute approximate surface area is 139 Å². The highest BCUT2D eigenvalue weighted by Gasteiger charge is 2.25. The zero-order valence-electron chi connectivity index (χ0n) is 13.1. The highest BCUT2D eigenvalue weighted by atomic mass is 35.5. The van der Waals surface area contributed by atoms with Crippen LogP contribution < -0.4 is 5.32 Å². The van der Waals surface area contributed by atoms with Crippen LogP contribution in [0.3, 0.4) is 0 Å². The van der Waals surface area contributed by atoms with Crippen molar-refractivity contribution in [3.63, 3.8) is 0 Å². The first-order valence-electron chi connectivity index (χ1n) is 7.16. The van der Waals surface area contributed by atoms with E-state index in [4.69, 9.17) is 16.7 Å². The Morgan fingerprint density at radius 3 is 2.52 bits per heavy atom. The Morgan fingerprint density at radius 2 is 1.96 bits per heavy atom. The molecule has 0 aliphatic heterocycles. The summed E-state index contributed by atoms with van der Waals surface area (Å²) in [5, 5.41) is 16.4. The molecule has 122 valence electrons. The zero-order valence-corrected chi connectivity index (χ0v) is 13.8. The van der Waals surface area contributed by atoms with Crippen LogP contribution in [0.2, 0.25) is 5.02 Å². The Hall–Kier alpha value is -2.34. The standard InChI is InChI=1S/C16H18ClN3O3/c1-9(2)14(16(22)23)18-15(21)12-8-10(3)20(19-12)13-7-5-4-6-11(13)17/h4-9,14H,1-3H3,(H,18,21)(H,22,23)/t14-/m0/s1. The fourth-order valence-electron chi connectivity index (χ4n) is 2.18. The van der Waals surface area contributed by atoms with Crippen LogP contribution in [0.25, 0.3) is 5.69 Å². The lowest BCUT2D eigenvalue weighted by Crippen LogP contribution is -2.44. The maximum Gasteiger partial charge on any atom is 0.326 e. The van der Waals surface area contributed by atoms with E-state index in [1.54, 1.807) is 49.7 Å². The number of para-hydroxylation sites is 1. The number of carbonyl (C=O) groups is 2. The number of aromatic nitrogens is 2. The minimum absolute atomic E-state index is 0.148. The number of amides is 1. The van der Waals surface area contributed by atoms with Gasteiger partial charge in [0.25, 0.3) is 5.91 Å². The summed E-state index contributed by atoms with van der Waals surface area (Å²) in [6.07, 6.45) is 0. The first-order chi connectivity index (χ1) is 10.8. The summed E-state index contributed by atoms with van der Waals surface area (Å²) in [6.45, 7) is 5.25. The maximum atomic E-state index is 12.3. The molecule has 1 aromatic heterocycles. The quantitative estimate of drug-likeness (QED) is 0.879. The second-order valence-electron chi connectivity index (χ2n) is 5.57. The highest BCUT2D eigenvalue weighted by Crippen LogP contribution is 2.21. The summed E-state index contributed by atoms with van der Waals surface area (Å²) in [4.78, 5) is 23.5. The van der Waals surface area contributed by atoms with Crippen LogP contribution in [-0.4, -0.2) is 32.8 Å². The summed E-state index contributed by atoms with van der Waals surface area (Å²) in [5.41, 5.74) is 1.53. The van der Waals surface area contributed by atoms with Gasteiger partial charge in [0.05, 0.1) is 10.7 Å². The van der Waals surface area contributed by atoms with Crippen LogP contribution in [0.15, 0.2) is 30.3 Å². The molecule has 2 aromatic rings. The third-order valence-electron chi connectivity index (χ3n) is 3.42. The molecule has 0 unspecified atom stereocenters. The van der Waals surface area contributed by atoms with Gasteiger partial charge in [-0.25, -0.2) is 9.48 Å². The molecule has 0 fully saturated rings. The lowest BCUT2D eigenvalue weighted by molar-refractivity contribution is -0.140. The Morgan fingerprint density at radius 1 is 1.30 bits per heavy atom. The van der Waals surface area contributed by atoms with Crippen molar-refractivity contribution in [2.45, 2.75) is 26.8 Å². The molecular weight excluding hydrogens is 318 g/mol. The van der Waals surface area contributed by atoms with Crippen LogP contribution >= 0.6 is 11.6 Å². The zero-order chi connectivity index (χ0) is 17.1. The average Bonchev–Trinajstić information content (AvgIpc) is 2.86. The van der Waals surface area contributed by atoms with Crippen molar-refractivity contribution in [1.82, 2.24) is 15.1 Å². The van der Waals surface area contributed by atoms with Gasteiger partial charge in [0.15, 0.2) is 5.69 Å². The minimum Gasteiger partial charge on any atom is -0.480 e. The molecule has 1 amide bonds. The number of aliphatic carboxylic acids is 1. The smallest absolute Gasteiger partial charge is 0.326 e. The fourth-order valence-corrected chi connectivity index (χ4v) is 2.40. The molecule has 0 spiro atoms. The largest absolute Gasteiger partial charge is 0.480 e. The molecule has 0 radical (unpaired) electrons. The van der Waals surface area contributed by atoms with E-state index in [1.165, 1.54) is 0 Å². The fraction of sp³-hybridized carbons (Fsp3) is 0.312. The van der Waals surface area contributed by atoms with Crippen LogP contribution in [0, 0.1) is 12.8 Å². The van der Waals surface area contributed by atoms with E-state index in [0.717, 1.165) is 5.69 Å². The molecular formula is C16H18ClN3O3. The third kappa shape index (κ3) is 3.71. The maximum absolute atomic E-state index is 12.3. The van der Waals surface area contributed by atoms with Crippen molar-refractivity contribution in [1.29, 1.82) is 0 Å². The molecule has 2 N–H and O–H groups in total. The Kier molecular flexibility index (Phi) is 5.05. The van der Waals surface area contributed by atoms with Gasteiger partial charge in [-0.05, 0) is 31.0 Å². The molecule has 0 saturated carbocycles. The first-order valence-corrected chi connectivity index (χ1v) is 7.54. The summed E-state index contributed by atoms with van der Waals surface area (Å²) < 4.78 is 1.56. The van der Waals surface area contributed by atoms with E-state index in [2.05, 4.69) is 10.4 Å². The van der Waals surface area contributed by atoms with E-state index in [1.807, 2.05) is 6.07 Å². The molecule has 0 aliphatic carbocycles. The Bertz CT molecular complexity index is 740. The van der Waals surface area contributed by atoms with E-state index >= 15 is 0 Å². The molecule has 0 saturated heterocycles. The summed E-state index contributed by atoms with van der Waals surface area (Å²) in [7, 11) is 0. The highest BCUT2D eigenvalue weighted by molar-refractivity contribution is 6.32. The van der Waals surface area contributed by atoms with E-state index in [9.17, 15) is 9.59 Å². The molecule has 23 heavy (non-hydrogen) atoms. The van der Waals surface area contributed by atoms with E-state index in [-0.39, 0.29) is 11.6 Å². The van der Waals surface area contributed by atoms with Crippen LogP contribution in [-0.2, 0) is 4.79 Å². The normalized spacial score (nSPS) is 12.2. The van der Waals surface area contributed by atoms with Gasteiger partial charge in [-0.2, -0.15) is 5.10 Å². The molecule has 1 aromatic carbocycles. The van der Waals surface area contributed by atoms with Gasteiger partial charge in [0.2, 0.25) is 0 Å². The van der Waals surface area contributed by atoms with Crippen LogP contribution in [0.1, 0.15) is 30.0 Å². The second-order valence-corrected chi connectivity index (χ2v) is 5.97. The Balaban J connectivity index is 2.29. The average molecular weight is 336 g/mol. The number of hydrogen-bond donors (Lipinski definition) is 2. The van der Waals surface area contributed by atoms with Gasteiger partial charge in [-0.15, -0.1) is 0 Å². The van der Waals surface area contributed by atoms with Crippen molar-refractivity contribution >= 4 is 23.5 Å². The molecule has 2 rings (SSSR count).